The molecule has 0 radical (unpaired) electrons. The van der Waals surface area contributed by atoms with Crippen LogP contribution < -0.4 is 0 Å². The molecule has 0 bridgehead atoms. The van der Waals surface area contributed by atoms with Crippen molar-refractivity contribution >= 4 is 15.9 Å². The summed E-state index contributed by atoms with van der Waals surface area (Å²) in [7, 11) is -4.13. The zero-order valence-corrected chi connectivity index (χ0v) is 15.2. The van der Waals surface area contributed by atoms with Crippen molar-refractivity contribution in [2.24, 2.45) is 0 Å². The van der Waals surface area contributed by atoms with Crippen LogP contribution in [0.4, 0.5) is 0 Å². The van der Waals surface area contributed by atoms with E-state index in [4.69, 9.17) is 4.18 Å². The first-order valence-corrected chi connectivity index (χ1v) is 9.66. The fraction of sp³-hybridized carbons (Fsp3) is 0.0952. The number of hydrogen-bond donors (Lipinski definition) is 1. The highest BCUT2D eigenvalue weighted by Gasteiger charge is 2.40. The number of Topliss-reactive ketones (excluding diaryl/α,β-unsaturated/α-hetero) is 1. The van der Waals surface area contributed by atoms with Crippen LogP contribution in [-0.4, -0.2) is 25.9 Å². The van der Waals surface area contributed by atoms with Crippen LogP contribution in [0.25, 0.3) is 0 Å². The fourth-order valence-corrected chi connectivity index (χ4v) is 3.59. The molecule has 5 nitrogen and oxygen atoms in total. The van der Waals surface area contributed by atoms with Crippen molar-refractivity contribution in [1.29, 1.82) is 0 Å². The number of carbonyl (C=O) groups excluding carboxylic acids is 1. The molecule has 1 unspecified atom stereocenters. The minimum Gasteiger partial charge on any atom is -0.375 e. The second-order valence-electron chi connectivity index (χ2n) is 5.95. The molecule has 0 aliphatic rings. The third-order valence-electron chi connectivity index (χ3n) is 4.12. The van der Waals surface area contributed by atoms with Crippen molar-refractivity contribution < 1.29 is 22.5 Å². The van der Waals surface area contributed by atoms with E-state index in [2.05, 4.69) is 0 Å². The van der Waals surface area contributed by atoms with Gasteiger partial charge in [-0.2, -0.15) is 8.42 Å². The lowest BCUT2D eigenvalue weighted by Crippen LogP contribution is -2.41. The highest BCUT2D eigenvalue weighted by atomic mass is 32.2. The third kappa shape index (κ3) is 4.14. The van der Waals surface area contributed by atoms with Crippen LogP contribution in [0.5, 0.6) is 0 Å². The molecule has 0 fully saturated rings. The highest BCUT2D eigenvalue weighted by molar-refractivity contribution is 7.86. The van der Waals surface area contributed by atoms with Gasteiger partial charge in [0.2, 0.25) is 5.78 Å². The van der Waals surface area contributed by atoms with E-state index in [-0.39, 0.29) is 16.0 Å². The summed E-state index contributed by atoms with van der Waals surface area (Å²) in [5.74, 6) is -0.641. The van der Waals surface area contributed by atoms with Gasteiger partial charge in [0.1, 0.15) is 6.61 Å². The van der Waals surface area contributed by atoms with E-state index < -0.39 is 28.1 Å². The van der Waals surface area contributed by atoms with Crippen molar-refractivity contribution in [3.8, 4) is 0 Å². The summed E-state index contributed by atoms with van der Waals surface area (Å²) in [6, 6.07) is 23.9. The van der Waals surface area contributed by atoms with E-state index in [1.54, 1.807) is 78.9 Å². The molecule has 0 aliphatic heterocycles. The molecule has 1 N–H and O–H groups in total. The molecule has 0 heterocycles. The van der Waals surface area contributed by atoms with Crippen LogP contribution >= 0.6 is 0 Å². The van der Waals surface area contributed by atoms with E-state index in [0.717, 1.165) is 0 Å². The van der Waals surface area contributed by atoms with Gasteiger partial charge in [-0.15, -0.1) is 0 Å². The van der Waals surface area contributed by atoms with Crippen LogP contribution in [0.1, 0.15) is 15.9 Å². The quantitative estimate of drug-likeness (QED) is 0.501. The van der Waals surface area contributed by atoms with Gasteiger partial charge in [0, 0.05) is 5.56 Å². The Bertz CT molecular complexity index is 1000. The van der Waals surface area contributed by atoms with Crippen molar-refractivity contribution in [2.75, 3.05) is 6.61 Å². The van der Waals surface area contributed by atoms with Gasteiger partial charge >= 0.3 is 0 Å². The maximum absolute atomic E-state index is 13.0. The molecule has 0 amide bonds. The van der Waals surface area contributed by atoms with E-state index in [9.17, 15) is 18.3 Å². The Hall–Kier alpha value is -2.80. The Morgan fingerprint density at radius 1 is 0.815 bits per heavy atom. The monoisotopic (exact) mass is 382 g/mol. The third-order valence-corrected chi connectivity index (χ3v) is 5.40. The normalized spacial score (nSPS) is 13.7. The SMILES string of the molecule is O=C(c1ccccc1)C(O)(COS(=O)(=O)c1ccccc1)c1ccccc1. The van der Waals surface area contributed by atoms with E-state index in [1.807, 2.05) is 0 Å². The number of ketones is 1. The first-order valence-electron chi connectivity index (χ1n) is 8.26. The molecule has 1 atom stereocenters. The van der Waals surface area contributed by atoms with Gasteiger partial charge < -0.3 is 5.11 Å². The average molecular weight is 382 g/mol. The number of hydrogen-bond acceptors (Lipinski definition) is 5. The Morgan fingerprint density at radius 3 is 1.85 bits per heavy atom. The summed E-state index contributed by atoms with van der Waals surface area (Å²) in [6.45, 7) is -0.734. The van der Waals surface area contributed by atoms with Gasteiger partial charge in [-0.3, -0.25) is 8.98 Å². The van der Waals surface area contributed by atoms with Gasteiger partial charge in [-0.1, -0.05) is 78.9 Å². The maximum atomic E-state index is 13.0. The largest absolute Gasteiger partial charge is 0.375 e. The summed E-state index contributed by atoms with van der Waals surface area (Å²) in [4.78, 5) is 12.9. The van der Waals surface area contributed by atoms with Gasteiger partial charge in [-0.05, 0) is 17.7 Å². The molecule has 27 heavy (non-hydrogen) atoms. The molecular formula is C21H18O5S. The first kappa shape index (κ1) is 19.0. The van der Waals surface area contributed by atoms with Crippen LogP contribution in [0, 0.1) is 0 Å². The van der Waals surface area contributed by atoms with Crippen molar-refractivity contribution in [1.82, 2.24) is 0 Å². The molecule has 0 aromatic heterocycles. The second-order valence-corrected chi connectivity index (χ2v) is 7.57. The summed E-state index contributed by atoms with van der Waals surface area (Å²) >= 11 is 0. The second kappa shape index (κ2) is 7.84. The smallest absolute Gasteiger partial charge is 0.297 e. The van der Waals surface area contributed by atoms with Crippen LogP contribution in [0.2, 0.25) is 0 Å². The van der Waals surface area contributed by atoms with E-state index in [1.165, 1.54) is 12.1 Å². The van der Waals surface area contributed by atoms with Crippen LogP contribution in [0.3, 0.4) is 0 Å². The molecule has 0 aliphatic carbocycles. The fourth-order valence-electron chi connectivity index (χ4n) is 2.64. The molecule has 6 heteroatoms. The summed E-state index contributed by atoms with van der Waals surface area (Å²) in [6.07, 6.45) is 0. The zero-order valence-electron chi connectivity index (χ0n) is 14.4. The van der Waals surface area contributed by atoms with Gasteiger partial charge in [0.25, 0.3) is 10.1 Å². The van der Waals surface area contributed by atoms with E-state index in [0.29, 0.717) is 0 Å². The topological polar surface area (TPSA) is 80.7 Å². The lowest BCUT2D eigenvalue weighted by atomic mass is 9.86. The molecule has 0 saturated carbocycles. The zero-order chi connectivity index (χ0) is 19.3. The molecule has 138 valence electrons. The Labute approximate surface area is 158 Å². The average Bonchev–Trinajstić information content (AvgIpc) is 2.73. The number of carbonyl (C=O) groups is 1. The molecule has 3 aromatic rings. The van der Waals surface area contributed by atoms with Gasteiger partial charge in [-0.25, -0.2) is 0 Å². The maximum Gasteiger partial charge on any atom is 0.297 e. The molecule has 0 saturated heterocycles. The summed E-state index contributed by atoms with van der Waals surface area (Å²) < 4.78 is 29.9. The Kier molecular flexibility index (Phi) is 5.51. The van der Waals surface area contributed by atoms with Crippen LogP contribution in [-0.2, 0) is 19.9 Å². The van der Waals surface area contributed by atoms with E-state index >= 15 is 0 Å². The van der Waals surface area contributed by atoms with Gasteiger partial charge in [0.05, 0.1) is 4.90 Å². The molecule has 0 spiro atoms. The number of benzene rings is 3. The lowest BCUT2D eigenvalue weighted by molar-refractivity contribution is 0.00410. The highest BCUT2D eigenvalue weighted by Crippen LogP contribution is 2.28. The van der Waals surface area contributed by atoms with Crippen molar-refractivity contribution in [2.45, 2.75) is 10.5 Å². The van der Waals surface area contributed by atoms with Crippen LogP contribution in [0.15, 0.2) is 95.9 Å². The number of rotatable bonds is 7. The minimum absolute atomic E-state index is 0.0485. The minimum atomic E-state index is -4.13. The molecular weight excluding hydrogens is 364 g/mol. The Balaban J connectivity index is 1.95. The lowest BCUT2D eigenvalue weighted by Gasteiger charge is -2.27. The van der Waals surface area contributed by atoms with Crippen molar-refractivity contribution in [3.63, 3.8) is 0 Å². The predicted molar refractivity (Wildman–Crippen MR) is 101 cm³/mol. The standard InChI is InChI=1S/C21H18O5S/c22-20(17-10-4-1-5-11-17)21(23,18-12-6-2-7-13-18)16-26-27(24,25)19-14-8-3-9-15-19/h1-15,23H,16H2. The first-order chi connectivity index (χ1) is 12.9. The number of aliphatic hydroxyl groups is 1. The summed E-state index contributed by atoms with van der Waals surface area (Å²) in [5.41, 5.74) is -1.64. The Morgan fingerprint density at radius 2 is 1.30 bits per heavy atom. The predicted octanol–water partition coefficient (Wildman–Crippen LogP) is 3.16. The van der Waals surface area contributed by atoms with Gasteiger partial charge in [0.15, 0.2) is 5.60 Å². The summed E-state index contributed by atoms with van der Waals surface area (Å²) in [5, 5.41) is 11.2. The molecule has 3 aromatic carbocycles. The molecule has 3 rings (SSSR count). The van der Waals surface area contributed by atoms with Crippen molar-refractivity contribution in [3.05, 3.63) is 102 Å².